The van der Waals surface area contributed by atoms with Gasteiger partial charge in [0, 0.05) is 19.1 Å². The second-order valence-electron chi connectivity index (χ2n) is 3.26. The first kappa shape index (κ1) is 7.98. The summed E-state index contributed by atoms with van der Waals surface area (Å²) in [5.41, 5.74) is 0. The third-order valence-corrected chi connectivity index (χ3v) is 1.78. The molecule has 0 bridgehead atoms. The van der Waals surface area contributed by atoms with Gasteiger partial charge < -0.3 is 15.3 Å². The van der Waals surface area contributed by atoms with E-state index in [4.69, 9.17) is 5.11 Å². The number of likely N-dealkylation sites (N-methyl/N-ethyl adjacent to an activating group) is 1. The van der Waals surface area contributed by atoms with Gasteiger partial charge in [-0.05, 0) is 20.5 Å². The van der Waals surface area contributed by atoms with Gasteiger partial charge >= 0.3 is 0 Å². The second kappa shape index (κ2) is 3.32. The summed E-state index contributed by atoms with van der Waals surface area (Å²) in [6, 6.07) is 0.491. The van der Waals surface area contributed by atoms with Crippen molar-refractivity contribution in [3.63, 3.8) is 0 Å². The lowest BCUT2D eigenvalue weighted by atomic mass is 10.2. The molecular formula is C7H16N2O. The number of nitrogens with one attached hydrogen (secondary N) is 1. The Morgan fingerprint density at radius 2 is 2.30 bits per heavy atom. The highest BCUT2D eigenvalue weighted by Crippen LogP contribution is 2.05. The molecule has 0 aromatic rings. The molecule has 1 heterocycles. The largest absolute Gasteiger partial charge is 0.392 e. The average molecular weight is 144 g/mol. The van der Waals surface area contributed by atoms with Crippen molar-refractivity contribution in [1.29, 1.82) is 0 Å². The van der Waals surface area contributed by atoms with E-state index >= 15 is 0 Å². The maximum Gasteiger partial charge on any atom is 0.0680 e. The summed E-state index contributed by atoms with van der Waals surface area (Å²) in [5.74, 6) is 0. The Kier molecular flexibility index (Phi) is 2.65. The van der Waals surface area contributed by atoms with E-state index in [9.17, 15) is 0 Å². The summed E-state index contributed by atoms with van der Waals surface area (Å²) in [4.78, 5) is 2.13. The molecule has 0 radical (unpaired) electrons. The Hall–Kier alpha value is -0.120. The van der Waals surface area contributed by atoms with Crippen molar-refractivity contribution in [2.45, 2.75) is 18.6 Å². The lowest BCUT2D eigenvalue weighted by Crippen LogP contribution is -2.33. The van der Waals surface area contributed by atoms with Gasteiger partial charge in [-0.3, -0.25) is 0 Å². The molecule has 0 aliphatic carbocycles. The van der Waals surface area contributed by atoms with E-state index in [2.05, 4.69) is 10.2 Å². The van der Waals surface area contributed by atoms with Gasteiger partial charge in [0.1, 0.15) is 0 Å². The number of aliphatic hydroxyl groups excluding tert-OH is 1. The van der Waals surface area contributed by atoms with Gasteiger partial charge in [0.2, 0.25) is 0 Å². The Bertz CT molecular complexity index is 106. The number of hydrogen-bond acceptors (Lipinski definition) is 3. The van der Waals surface area contributed by atoms with E-state index in [1.54, 1.807) is 0 Å². The molecule has 3 heteroatoms. The molecule has 1 saturated heterocycles. The third kappa shape index (κ3) is 2.25. The van der Waals surface area contributed by atoms with Gasteiger partial charge in [0.15, 0.2) is 0 Å². The minimum absolute atomic E-state index is 0.120. The van der Waals surface area contributed by atoms with Crippen molar-refractivity contribution in [1.82, 2.24) is 10.2 Å². The van der Waals surface area contributed by atoms with Crippen LogP contribution in [0.25, 0.3) is 0 Å². The number of β-amino-alcohol motifs (C(OH)–C–C–N with tert-alkyl or cyclic N) is 1. The smallest absolute Gasteiger partial charge is 0.0680 e. The van der Waals surface area contributed by atoms with Crippen molar-refractivity contribution in [2.75, 3.05) is 27.2 Å². The Labute approximate surface area is 62.0 Å². The van der Waals surface area contributed by atoms with Crippen LogP contribution >= 0.6 is 0 Å². The summed E-state index contributed by atoms with van der Waals surface area (Å²) in [7, 11) is 4.10. The highest BCUT2D eigenvalue weighted by atomic mass is 16.3. The predicted molar refractivity (Wildman–Crippen MR) is 41.0 cm³/mol. The van der Waals surface area contributed by atoms with E-state index in [1.165, 1.54) is 0 Å². The number of rotatable bonds is 2. The van der Waals surface area contributed by atoms with E-state index in [0.717, 1.165) is 19.5 Å². The van der Waals surface area contributed by atoms with Crippen LogP contribution in [0.15, 0.2) is 0 Å². The third-order valence-electron chi connectivity index (χ3n) is 1.78. The van der Waals surface area contributed by atoms with Crippen LogP contribution in [0.1, 0.15) is 6.42 Å². The first-order chi connectivity index (χ1) is 4.68. The van der Waals surface area contributed by atoms with Gasteiger partial charge in [-0.1, -0.05) is 0 Å². The lowest BCUT2D eigenvalue weighted by molar-refractivity contribution is 0.191. The topological polar surface area (TPSA) is 35.5 Å². The lowest BCUT2D eigenvalue weighted by Gasteiger charge is -2.15. The van der Waals surface area contributed by atoms with Crippen LogP contribution in [-0.2, 0) is 0 Å². The molecule has 0 amide bonds. The molecule has 1 aliphatic heterocycles. The van der Waals surface area contributed by atoms with E-state index < -0.39 is 0 Å². The van der Waals surface area contributed by atoms with Gasteiger partial charge in [-0.15, -0.1) is 0 Å². The van der Waals surface area contributed by atoms with Gasteiger partial charge in [-0.2, -0.15) is 0 Å². The number of hydrogen-bond donors (Lipinski definition) is 2. The number of nitrogens with zero attached hydrogens (tertiary/aromatic N) is 1. The first-order valence-corrected chi connectivity index (χ1v) is 3.74. The fraction of sp³-hybridized carbons (Fsp3) is 1.00. The van der Waals surface area contributed by atoms with Crippen LogP contribution in [0.4, 0.5) is 0 Å². The Morgan fingerprint density at radius 1 is 1.60 bits per heavy atom. The molecule has 1 rings (SSSR count). The van der Waals surface area contributed by atoms with Crippen LogP contribution in [0.2, 0.25) is 0 Å². The van der Waals surface area contributed by atoms with Crippen molar-refractivity contribution in [3.8, 4) is 0 Å². The van der Waals surface area contributed by atoms with E-state index in [-0.39, 0.29) is 6.10 Å². The van der Waals surface area contributed by atoms with Crippen molar-refractivity contribution < 1.29 is 5.11 Å². The molecule has 3 nitrogen and oxygen atoms in total. The summed E-state index contributed by atoms with van der Waals surface area (Å²) < 4.78 is 0. The fourth-order valence-corrected chi connectivity index (χ4v) is 1.38. The summed E-state index contributed by atoms with van der Waals surface area (Å²) in [6.07, 6.45) is 0.781. The van der Waals surface area contributed by atoms with Crippen LogP contribution in [0.3, 0.4) is 0 Å². The molecule has 10 heavy (non-hydrogen) atoms. The van der Waals surface area contributed by atoms with E-state index in [1.807, 2.05) is 14.1 Å². The van der Waals surface area contributed by atoms with Crippen LogP contribution in [0.5, 0.6) is 0 Å². The predicted octanol–water partition coefficient (Wildman–Crippen LogP) is -0.729. The molecule has 60 valence electrons. The minimum Gasteiger partial charge on any atom is -0.392 e. The highest BCUT2D eigenvalue weighted by molar-refractivity contribution is 4.82. The van der Waals surface area contributed by atoms with Crippen molar-refractivity contribution >= 4 is 0 Å². The average Bonchev–Trinajstić information content (AvgIpc) is 2.13. The van der Waals surface area contributed by atoms with Gasteiger partial charge in [0.25, 0.3) is 0 Å². The highest BCUT2D eigenvalue weighted by Gasteiger charge is 2.21. The molecule has 1 aliphatic rings. The normalized spacial score (nSPS) is 33.6. The van der Waals surface area contributed by atoms with Gasteiger partial charge in [0.05, 0.1) is 6.10 Å². The zero-order valence-electron chi connectivity index (χ0n) is 6.67. The zero-order valence-corrected chi connectivity index (χ0v) is 6.67. The molecule has 2 N–H and O–H groups in total. The summed E-state index contributed by atoms with van der Waals surface area (Å²) >= 11 is 0. The van der Waals surface area contributed by atoms with Crippen LogP contribution < -0.4 is 5.32 Å². The molecule has 0 unspecified atom stereocenters. The molecule has 0 aromatic carbocycles. The fourth-order valence-electron chi connectivity index (χ4n) is 1.38. The summed E-state index contributed by atoms with van der Waals surface area (Å²) in [6.45, 7) is 1.79. The SMILES string of the molecule is CN(C)C[C@H]1C[C@H](O)CN1. The zero-order chi connectivity index (χ0) is 7.56. The molecule has 0 spiro atoms. The molecule has 1 fully saturated rings. The molecule has 0 saturated carbocycles. The molecule has 0 aromatic heterocycles. The summed E-state index contributed by atoms with van der Waals surface area (Å²) in [5, 5.41) is 12.4. The van der Waals surface area contributed by atoms with E-state index in [0.29, 0.717) is 6.04 Å². The standard InChI is InChI=1S/C7H16N2O/c1-9(2)5-6-3-7(10)4-8-6/h6-8,10H,3-5H2,1-2H3/t6-,7+/m1/s1. The first-order valence-electron chi connectivity index (χ1n) is 3.74. The maximum absolute atomic E-state index is 9.13. The monoisotopic (exact) mass is 144 g/mol. The van der Waals surface area contributed by atoms with Crippen molar-refractivity contribution in [3.05, 3.63) is 0 Å². The molecule has 2 atom stereocenters. The number of aliphatic hydroxyl groups is 1. The minimum atomic E-state index is -0.120. The maximum atomic E-state index is 9.13. The molecular weight excluding hydrogens is 128 g/mol. The van der Waals surface area contributed by atoms with Crippen LogP contribution in [0, 0.1) is 0 Å². The quantitative estimate of drug-likeness (QED) is 0.536. The second-order valence-corrected chi connectivity index (χ2v) is 3.26. The van der Waals surface area contributed by atoms with Gasteiger partial charge in [-0.25, -0.2) is 0 Å². The Balaban J connectivity index is 2.18. The Morgan fingerprint density at radius 3 is 2.70 bits per heavy atom. The van der Waals surface area contributed by atoms with Crippen molar-refractivity contribution in [2.24, 2.45) is 0 Å². The van der Waals surface area contributed by atoms with Crippen LogP contribution in [-0.4, -0.2) is 49.3 Å².